The highest BCUT2D eigenvalue weighted by molar-refractivity contribution is 7.89. The molecule has 0 heterocycles. The van der Waals surface area contributed by atoms with Gasteiger partial charge in [0.05, 0.1) is 15.1 Å². The van der Waals surface area contributed by atoms with Gasteiger partial charge in [0.1, 0.15) is 4.90 Å². The Balaban J connectivity index is 2.22. The van der Waals surface area contributed by atoms with Crippen molar-refractivity contribution in [2.75, 3.05) is 0 Å². The second kappa shape index (κ2) is 6.73. The van der Waals surface area contributed by atoms with E-state index in [1.807, 2.05) is 0 Å². The molecular formula is C13H9Cl4NO2S. The van der Waals surface area contributed by atoms with Gasteiger partial charge in [-0.25, -0.2) is 13.1 Å². The van der Waals surface area contributed by atoms with Crippen LogP contribution in [0.4, 0.5) is 0 Å². The van der Waals surface area contributed by atoms with Crippen molar-refractivity contribution in [2.24, 2.45) is 0 Å². The van der Waals surface area contributed by atoms with Gasteiger partial charge in [-0.1, -0.05) is 58.5 Å². The number of halogens is 4. The molecule has 2 aromatic rings. The zero-order chi connectivity index (χ0) is 15.6. The zero-order valence-electron chi connectivity index (χ0n) is 10.4. The fourth-order valence-corrected chi connectivity index (χ4v) is 3.71. The van der Waals surface area contributed by atoms with Crippen molar-refractivity contribution < 1.29 is 8.42 Å². The van der Waals surface area contributed by atoms with Crippen LogP contribution >= 0.6 is 46.4 Å². The lowest BCUT2D eigenvalue weighted by Crippen LogP contribution is -2.23. The average molecular weight is 385 g/mol. The monoisotopic (exact) mass is 383 g/mol. The minimum absolute atomic E-state index is 0.00741. The first kappa shape index (κ1) is 16.9. The van der Waals surface area contributed by atoms with Gasteiger partial charge in [-0.3, -0.25) is 0 Å². The van der Waals surface area contributed by atoms with Crippen molar-refractivity contribution in [1.29, 1.82) is 0 Å². The van der Waals surface area contributed by atoms with E-state index in [2.05, 4.69) is 4.72 Å². The second-order valence-electron chi connectivity index (χ2n) is 4.15. The quantitative estimate of drug-likeness (QED) is 0.771. The lowest BCUT2D eigenvalue weighted by molar-refractivity contribution is 0.581. The van der Waals surface area contributed by atoms with Crippen LogP contribution in [0.2, 0.25) is 20.1 Å². The topological polar surface area (TPSA) is 46.2 Å². The first-order chi connectivity index (χ1) is 9.79. The lowest BCUT2D eigenvalue weighted by Gasteiger charge is -2.09. The summed E-state index contributed by atoms with van der Waals surface area (Å²) in [7, 11) is -3.80. The summed E-state index contributed by atoms with van der Waals surface area (Å²) in [6.07, 6.45) is 0. The molecule has 8 heteroatoms. The summed E-state index contributed by atoms with van der Waals surface area (Å²) in [5.74, 6) is 0. The van der Waals surface area contributed by atoms with Crippen LogP contribution in [0, 0.1) is 0 Å². The molecule has 0 aliphatic carbocycles. The van der Waals surface area contributed by atoms with E-state index in [0.29, 0.717) is 5.02 Å². The SMILES string of the molecule is O=S(=O)(NCc1ccc(Cl)cc1)c1cc(Cl)c(Cl)cc1Cl. The van der Waals surface area contributed by atoms with Crippen LogP contribution in [0.3, 0.4) is 0 Å². The van der Waals surface area contributed by atoms with Crippen molar-refractivity contribution >= 4 is 56.4 Å². The van der Waals surface area contributed by atoms with Crippen LogP contribution < -0.4 is 4.72 Å². The van der Waals surface area contributed by atoms with Crippen molar-refractivity contribution in [3.05, 3.63) is 62.1 Å². The Labute approximate surface area is 142 Å². The fourth-order valence-electron chi connectivity index (χ4n) is 1.57. The smallest absolute Gasteiger partial charge is 0.207 e. The Kier molecular flexibility index (Phi) is 5.41. The van der Waals surface area contributed by atoms with Crippen molar-refractivity contribution in [2.45, 2.75) is 11.4 Å². The van der Waals surface area contributed by atoms with Crippen LogP contribution in [0.1, 0.15) is 5.56 Å². The van der Waals surface area contributed by atoms with Crippen LogP contribution in [0.5, 0.6) is 0 Å². The van der Waals surface area contributed by atoms with E-state index < -0.39 is 10.0 Å². The number of nitrogens with one attached hydrogen (secondary N) is 1. The molecule has 0 aromatic heterocycles. The van der Waals surface area contributed by atoms with Gasteiger partial charge in [-0.05, 0) is 29.8 Å². The van der Waals surface area contributed by atoms with Gasteiger partial charge >= 0.3 is 0 Å². The highest BCUT2D eigenvalue weighted by Crippen LogP contribution is 2.31. The molecule has 112 valence electrons. The molecule has 0 spiro atoms. The molecule has 0 unspecified atom stereocenters. The Morgan fingerprint density at radius 1 is 0.857 bits per heavy atom. The predicted molar refractivity (Wildman–Crippen MR) is 86.9 cm³/mol. The molecule has 0 bridgehead atoms. The van der Waals surface area contributed by atoms with E-state index in [1.165, 1.54) is 12.1 Å². The van der Waals surface area contributed by atoms with Crippen molar-refractivity contribution in [3.63, 3.8) is 0 Å². The normalized spacial score (nSPS) is 11.6. The third-order valence-corrected chi connectivity index (χ3v) is 5.48. The fraction of sp³-hybridized carbons (Fsp3) is 0.0769. The van der Waals surface area contributed by atoms with E-state index in [9.17, 15) is 8.42 Å². The van der Waals surface area contributed by atoms with Crippen LogP contribution in [-0.4, -0.2) is 8.42 Å². The lowest BCUT2D eigenvalue weighted by atomic mass is 10.2. The first-order valence-corrected chi connectivity index (χ1v) is 8.68. The largest absolute Gasteiger partial charge is 0.242 e. The van der Waals surface area contributed by atoms with E-state index in [-0.39, 0.29) is 26.5 Å². The molecular weight excluding hydrogens is 376 g/mol. The highest BCUT2D eigenvalue weighted by Gasteiger charge is 2.19. The molecule has 3 nitrogen and oxygen atoms in total. The number of benzene rings is 2. The van der Waals surface area contributed by atoms with Crippen LogP contribution in [0.25, 0.3) is 0 Å². The third kappa shape index (κ3) is 4.25. The Morgan fingerprint density at radius 2 is 1.43 bits per heavy atom. The third-order valence-electron chi connectivity index (χ3n) is 2.64. The maximum Gasteiger partial charge on any atom is 0.242 e. The minimum atomic E-state index is -3.80. The van der Waals surface area contributed by atoms with Gasteiger partial charge in [0.2, 0.25) is 10.0 Å². The van der Waals surface area contributed by atoms with Crippen molar-refractivity contribution in [3.8, 4) is 0 Å². The van der Waals surface area contributed by atoms with Gasteiger partial charge in [0.25, 0.3) is 0 Å². The van der Waals surface area contributed by atoms with E-state index in [4.69, 9.17) is 46.4 Å². The zero-order valence-corrected chi connectivity index (χ0v) is 14.2. The first-order valence-electron chi connectivity index (χ1n) is 5.68. The summed E-state index contributed by atoms with van der Waals surface area (Å²) in [5.41, 5.74) is 0.763. The number of hydrogen-bond donors (Lipinski definition) is 1. The molecule has 21 heavy (non-hydrogen) atoms. The van der Waals surface area contributed by atoms with Gasteiger partial charge in [0.15, 0.2) is 0 Å². The molecule has 0 aliphatic rings. The van der Waals surface area contributed by atoms with Gasteiger partial charge < -0.3 is 0 Å². The summed E-state index contributed by atoms with van der Waals surface area (Å²) in [6.45, 7) is 0.107. The molecule has 0 atom stereocenters. The Morgan fingerprint density at radius 3 is 2.05 bits per heavy atom. The molecule has 0 aliphatic heterocycles. The molecule has 2 rings (SSSR count). The number of hydrogen-bond acceptors (Lipinski definition) is 2. The van der Waals surface area contributed by atoms with E-state index in [1.54, 1.807) is 24.3 Å². The predicted octanol–water partition coefficient (Wildman–Crippen LogP) is 4.78. The Hall–Kier alpha value is -0.490. The highest BCUT2D eigenvalue weighted by atomic mass is 35.5. The molecule has 0 amide bonds. The standard InChI is InChI=1S/C13H9Cl4NO2S/c14-9-3-1-8(2-4-9)7-18-21(19,20)13-6-11(16)10(15)5-12(13)17/h1-6,18H,7H2. The summed E-state index contributed by atoms with van der Waals surface area (Å²) in [5, 5.41) is 0.897. The number of rotatable bonds is 4. The van der Waals surface area contributed by atoms with Crippen molar-refractivity contribution in [1.82, 2.24) is 4.72 Å². The maximum atomic E-state index is 12.2. The summed E-state index contributed by atoms with van der Waals surface area (Å²) < 4.78 is 26.9. The molecule has 2 aromatic carbocycles. The number of sulfonamides is 1. The van der Waals surface area contributed by atoms with E-state index in [0.717, 1.165) is 5.56 Å². The molecule has 0 saturated heterocycles. The molecule has 1 N–H and O–H groups in total. The minimum Gasteiger partial charge on any atom is -0.207 e. The van der Waals surface area contributed by atoms with Gasteiger partial charge in [-0.15, -0.1) is 0 Å². The van der Waals surface area contributed by atoms with Crippen LogP contribution in [-0.2, 0) is 16.6 Å². The molecule has 0 radical (unpaired) electrons. The molecule has 0 fully saturated rings. The summed E-state index contributed by atoms with van der Waals surface area (Å²) in [6, 6.07) is 9.32. The van der Waals surface area contributed by atoms with E-state index >= 15 is 0 Å². The van der Waals surface area contributed by atoms with Gasteiger partial charge in [-0.2, -0.15) is 0 Å². The maximum absolute atomic E-state index is 12.2. The molecule has 0 saturated carbocycles. The Bertz CT molecular complexity index is 760. The van der Waals surface area contributed by atoms with Crippen LogP contribution in [0.15, 0.2) is 41.3 Å². The summed E-state index contributed by atoms with van der Waals surface area (Å²) in [4.78, 5) is -0.118. The second-order valence-corrected chi connectivity index (χ2v) is 7.54. The summed E-state index contributed by atoms with van der Waals surface area (Å²) >= 11 is 23.3. The van der Waals surface area contributed by atoms with Gasteiger partial charge in [0, 0.05) is 11.6 Å². The average Bonchev–Trinajstić information content (AvgIpc) is 2.42.